The molecule has 26 heavy (non-hydrogen) atoms. The van der Waals surface area contributed by atoms with Crippen molar-refractivity contribution >= 4 is 17.8 Å². The second-order valence-electron chi connectivity index (χ2n) is 5.72. The molecule has 0 bridgehead atoms. The molecule has 6 nitrogen and oxygen atoms in total. The fourth-order valence-electron chi connectivity index (χ4n) is 2.17. The molecule has 0 aliphatic heterocycles. The van der Waals surface area contributed by atoms with E-state index >= 15 is 0 Å². The van der Waals surface area contributed by atoms with Gasteiger partial charge in [0, 0.05) is 0 Å². The molecule has 0 aliphatic rings. The van der Waals surface area contributed by atoms with Crippen molar-refractivity contribution in [3.63, 3.8) is 0 Å². The summed E-state index contributed by atoms with van der Waals surface area (Å²) >= 11 is 0. The standard InChI is InChI=1S/C20H21NO5/c1-15(22)18(12-19(23)25-13-16-8-4-2-5-9-16)21-20(24)26-14-17-10-6-3-7-11-17/h2-11,18H,12-14H2,1H3,(H,21,24)/t18-/m1/s1. The zero-order valence-corrected chi connectivity index (χ0v) is 14.5. The van der Waals surface area contributed by atoms with Gasteiger partial charge in [-0.15, -0.1) is 0 Å². The molecule has 2 aromatic rings. The number of ketones is 1. The fraction of sp³-hybridized carbons (Fsp3) is 0.250. The second kappa shape index (κ2) is 9.98. The summed E-state index contributed by atoms with van der Waals surface area (Å²) in [6, 6.07) is 17.4. The summed E-state index contributed by atoms with van der Waals surface area (Å²) in [4.78, 5) is 35.5. The maximum absolute atomic E-state index is 11.9. The van der Waals surface area contributed by atoms with Gasteiger partial charge in [0.05, 0.1) is 6.42 Å². The Kier molecular flexibility index (Phi) is 7.36. The van der Waals surface area contributed by atoms with E-state index in [1.54, 1.807) is 0 Å². The lowest BCUT2D eigenvalue weighted by atomic mass is 10.1. The first-order chi connectivity index (χ1) is 12.5. The molecule has 0 unspecified atom stereocenters. The van der Waals surface area contributed by atoms with Crippen molar-refractivity contribution in [3.05, 3.63) is 71.8 Å². The van der Waals surface area contributed by atoms with Crippen molar-refractivity contribution in [2.24, 2.45) is 0 Å². The summed E-state index contributed by atoms with van der Waals surface area (Å²) < 4.78 is 10.2. The summed E-state index contributed by atoms with van der Waals surface area (Å²) in [6.07, 6.45) is -1.01. The van der Waals surface area contributed by atoms with Gasteiger partial charge in [-0.05, 0) is 18.1 Å². The number of ether oxygens (including phenoxy) is 2. The van der Waals surface area contributed by atoms with Crippen LogP contribution in [0.15, 0.2) is 60.7 Å². The van der Waals surface area contributed by atoms with Crippen LogP contribution in [0.2, 0.25) is 0 Å². The molecule has 0 fully saturated rings. The summed E-state index contributed by atoms with van der Waals surface area (Å²) in [5.41, 5.74) is 1.67. The van der Waals surface area contributed by atoms with Crippen LogP contribution in [0.5, 0.6) is 0 Å². The van der Waals surface area contributed by atoms with E-state index in [1.165, 1.54) is 6.92 Å². The zero-order valence-electron chi connectivity index (χ0n) is 14.5. The van der Waals surface area contributed by atoms with E-state index in [4.69, 9.17) is 9.47 Å². The van der Waals surface area contributed by atoms with Crippen molar-refractivity contribution in [1.29, 1.82) is 0 Å². The molecule has 6 heteroatoms. The number of amides is 1. The number of carbonyl (C=O) groups is 3. The normalized spacial score (nSPS) is 11.3. The Hall–Kier alpha value is -3.15. The number of Topliss-reactive ketones (excluding diaryl/α,β-unsaturated/α-hetero) is 1. The van der Waals surface area contributed by atoms with Crippen LogP contribution >= 0.6 is 0 Å². The van der Waals surface area contributed by atoms with Crippen molar-refractivity contribution in [2.75, 3.05) is 0 Å². The number of rotatable bonds is 8. The van der Waals surface area contributed by atoms with E-state index in [2.05, 4.69) is 5.32 Å². The third-order valence-electron chi connectivity index (χ3n) is 3.61. The van der Waals surface area contributed by atoms with Crippen molar-refractivity contribution in [1.82, 2.24) is 5.32 Å². The zero-order chi connectivity index (χ0) is 18.8. The van der Waals surface area contributed by atoms with Gasteiger partial charge < -0.3 is 14.8 Å². The molecule has 0 heterocycles. The van der Waals surface area contributed by atoms with Crippen molar-refractivity contribution in [2.45, 2.75) is 32.6 Å². The molecule has 1 N–H and O–H groups in total. The number of alkyl carbamates (subject to hydrolysis) is 1. The van der Waals surface area contributed by atoms with Gasteiger partial charge in [-0.2, -0.15) is 0 Å². The van der Waals surface area contributed by atoms with Crippen LogP contribution in [0.4, 0.5) is 4.79 Å². The first-order valence-corrected chi connectivity index (χ1v) is 8.22. The Bertz CT molecular complexity index is 673. The number of hydrogen-bond donors (Lipinski definition) is 1. The minimum absolute atomic E-state index is 0.0791. The average Bonchev–Trinajstić information content (AvgIpc) is 2.66. The van der Waals surface area contributed by atoms with Gasteiger partial charge in [0.25, 0.3) is 0 Å². The Morgan fingerprint density at radius 1 is 0.846 bits per heavy atom. The number of hydrogen-bond acceptors (Lipinski definition) is 5. The first-order valence-electron chi connectivity index (χ1n) is 8.22. The van der Waals surface area contributed by atoms with E-state index in [9.17, 15) is 14.4 Å². The molecule has 1 amide bonds. The molecular formula is C20H21NO5. The summed E-state index contributed by atoms with van der Waals surface area (Å²) in [5, 5.41) is 2.40. The molecule has 136 valence electrons. The van der Waals surface area contributed by atoms with Crippen LogP contribution in [0.25, 0.3) is 0 Å². The van der Waals surface area contributed by atoms with Gasteiger partial charge in [-0.3, -0.25) is 9.59 Å². The number of nitrogens with one attached hydrogen (secondary N) is 1. The highest BCUT2D eigenvalue weighted by Gasteiger charge is 2.22. The minimum atomic E-state index is -0.985. The second-order valence-corrected chi connectivity index (χ2v) is 5.72. The third kappa shape index (κ3) is 6.76. The van der Waals surface area contributed by atoms with Crippen LogP contribution in [0, 0.1) is 0 Å². The molecule has 2 aromatic carbocycles. The number of carbonyl (C=O) groups excluding carboxylic acids is 3. The molecule has 2 rings (SSSR count). The molecule has 0 spiro atoms. The number of benzene rings is 2. The Balaban J connectivity index is 1.78. The average molecular weight is 355 g/mol. The summed E-state index contributed by atoms with van der Waals surface area (Å²) in [5.74, 6) is -0.921. The lowest BCUT2D eigenvalue weighted by Gasteiger charge is -2.15. The molecule has 0 saturated carbocycles. The fourth-order valence-corrected chi connectivity index (χ4v) is 2.17. The lowest BCUT2D eigenvalue weighted by molar-refractivity contribution is -0.146. The SMILES string of the molecule is CC(=O)[C@@H](CC(=O)OCc1ccccc1)NC(=O)OCc1ccccc1. The van der Waals surface area contributed by atoms with E-state index in [0.717, 1.165) is 11.1 Å². The maximum Gasteiger partial charge on any atom is 0.408 e. The molecule has 0 saturated heterocycles. The van der Waals surface area contributed by atoms with Gasteiger partial charge in [-0.25, -0.2) is 4.79 Å². The van der Waals surface area contributed by atoms with Gasteiger partial charge >= 0.3 is 12.1 Å². The highest BCUT2D eigenvalue weighted by atomic mass is 16.5. The lowest BCUT2D eigenvalue weighted by Crippen LogP contribution is -2.41. The van der Waals surface area contributed by atoms with Crippen LogP contribution < -0.4 is 5.32 Å². The summed E-state index contributed by atoms with van der Waals surface area (Å²) in [7, 11) is 0. The quantitative estimate of drug-likeness (QED) is 0.736. The Morgan fingerprint density at radius 2 is 1.35 bits per heavy atom. The predicted octanol–water partition coefficient (Wildman–Crippen LogP) is 3.00. The van der Waals surface area contributed by atoms with Crippen molar-refractivity contribution in [3.8, 4) is 0 Å². The number of esters is 1. The van der Waals surface area contributed by atoms with Gasteiger partial charge in [0.15, 0.2) is 5.78 Å². The monoisotopic (exact) mass is 355 g/mol. The first kappa shape index (κ1) is 19.2. The Morgan fingerprint density at radius 3 is 1.85 bits per heavy atom. The van der Waals surface area contributed by atoms with E-state index in [-0.39, 0.29) is 25.4 Å². The molecular weight excluding hydrogens is 334 g/mol. The topological polar surface area (TPSA) is 81.7 Å². The highest BCUT2D eigenvalue weighted by Crippen LogP contribution is 2.05. The van der Waals surface area contributed by atoms with E-state index in [0.29, 0.717) is 0 Å². The van der Waals surface area contributed by atoms with E-state index < -0.39 is 18.1 Å². The highest BCUT2D eigenvalue weighted by molar-refractivity contribution is 5.89. The minimum Gasteiger partial charge on any atom is -0.461 e. The molecule has 0 aliphatic carbocycles. The smallest absolute Gasteiger partial charge is 0.408 e. The van der Waals surface area contributed by atoms with Crippen LogP contribution in [-0.4, -0.2) is 23.9 Å². The van der Waals surface area contributed by atoms with Crippen LogP contribution in [0.1, 0.15) is 24.5 Å². The van der Waals surface area contributed by atoms with Gasteiger partial charge in [-0.1, -0.05) is 60.7 Å². The predicted molar refractivity (Wildman–Crippen MR) is 95.1 cm³/mol. The van der Waals surface area contributed by atoms with Gasteiger partial charge in [0.1, 0.15) is 19.3 Å². The largest absolute Gasteiger partial charge is 0.461 e. The maximum atomic E-state index is 11.9. The third-order valence-corrected chi connectivity index (χ3v) is 3.61. The van der Waals surface area contributed by atoms with Crippen LogP contribution in [-0.2, 0) is 32.3 Å². The Labute approximate surface area is 152 Å². The summed E-state index contributed by atoms with van der Waals surface area (Å²) in [6.45, 7) is 1.49. The molecule has 0 aromatic heterocycles. The molecule has 0 radical (unpaired) electrons. The van der Waals surface area contributed by atoms with Crippen LogP contribution in [0.3, 0.4) is 0 Å². The van der Waals surface area contributed by atoms with Crippen molar-refractivity contribution < 1.29 is 23.9 Å². The van der Waals surface area contributed by atoms with E-state index in [1.807, 2.05) is 60.7 Å². The molecule has 1 atom stereocenters. The van der Waals surface area contributed by atoms with Gasteiger partial charge in [0.2, 0.25) is 0 Å².